The van der Waals surface area contributed by atoms with Gasteiger partial charge in [-0.1, -0.05) is 114 Å². The van der Waals surface area contributed by atoms with Crippen LogP contribution in [0.5, 0.6) is 11.5 Å². The molecule has 3 rings (SSSR count). The lowest BCUT2D eigenvalue weighted by atomic mass is 10.0. The average molecular weight is 506 g/mol. The van der Waals surface area contributed by atoms with Crippen molar-refractivity contribution in [1.82, 2.24) is 4.98 Å². The van der Waals surface area contributed by atoms with Crippen LogP contribution in [0.25, 0.3) is 22.4 Å². The molecular weight excluding hydrogens is 461 g/mol. The Hall–Kier alpha value is -2.88. The summed E-state index contributed by atoms with van der Waals surface area (Å²) in [5.41, 5.74) is 3.27. The number of halogens is 1. The number of aromatic nitrogens is 1. The molecule has 0 amide bonds. The zero-order valence-corrected chi connectivity index (χ0v) is 22.8. The Morgan fingerprint density at radius 3 is 1.57 bits per heavy atom. The van der Waals surface area contributed by atoms with Crippen LogP contribution in [0.1, 0.15) is 90.9 Å². The number of benzene rings is 2. The molecule has 3 aromatic rings. The standard InChI is InChI=1S/C33H44FNO2/c1-3-5-7-9-11-13-23-36-30-21-19-28(20-22-30)27-15-17-29(18-16-27)33-32(34)25-31(26-35-33)37-24-14-12-10-8-6-4-2/h15-22,25-26H,3-14,23-24H2,1-2H3. The molecule has 0 aliphatic heterocycles. The summed E-state index contributed by atoms with van der Waals surface area (Å²) in [5.74, 6) is 1.03. The molecule has 0 bridgehead atoms. The second kappa shape index (κ2) is 16.8. The summed E-state index contributed by atoms with van der Waals surface area (Å²) in [6, 6.07) is 17.5. The summed E-state index contributed by atoms with van der Waals surface area (Å²) in [7, 11) is 0. The summed E-state index contributed by atoms with van der Waals surface area (Å²) >= 11 is 0. The molecule has 1 heterocycles. The smallest absolute Gasteiger partial charge is 0.153 e. The van der Waals surface area contributed by atoms with Crippen LogP contribution in [-0.2, 0) is 0 Å². The molecule has 0 aliphatic carbocycles. The lowest BCUT2D eigenvalue weighted by Gasteiger charge is -2.10. The van der Waals surface area contributed by atoms with Gasteiger partial charge in [0.15, 0.2) is 5.82 Å². The summed E-state index contributed by atoms with van der Waals surface area (Å²) < 4.78 is 26.4. The van der Waals surface area contributed by atoms with Crippen molar-refractivity contribution in [1.29, 1.82) is 0 Å². The highest BCUT2D eigenvalue weighted by Crippen LogP contribution is 2.28. The molecule has 0 unspecified atom stereocenters. The molecule has 0 saturated heterocycles. The summed E-state index contributed by atoms with van der Waals surface area (Å²) in [5, 5.41) is 0. The first-order valence-corrected chi connectivity index (χ1v) is 14.3. The Morgan fingerprint density at radius 2 is 1.03 bits per heavy atom. The van der Waals surface area contributed by atoms with Gasteiger partial charge in [-0.25, -0.2) is 9.37 Å². The van der Waals surface area contributed by atoms with E-state index < -0.39 is 0 Å². The molecule has 0 radical (unpaired) electrons. The molecule has 0 N–H and O–H groups in total. The fourth-order valence-corrected chi connectivity index (χ4v) is 4.42. The minimum absolute atomic E-state index is 0.344. The Kier molecular flexibility index (Phi) is 13.0. The number of nitrogens with zero attached hydrogens (tertiary/aromatic N) is 1. The number of pyridine rings is 1. The Labute approximate surface area is 223 Å². The fourth-order valence-electron chi connectivity index (χ4n) is 4.42. The SMILES string of the molecule is CCCCCCCCOc1ccc(-c2ccc(-c3ncc(OCCCCCCCC)cc3F)cc2)cc1. The third-order valence-electron chi connectivity index (χ3n) is 6.70. The molecule has 0 aliphatic rings. The predicted molar refractivity (Wildman–Crippen MR) is 153 cm³/mol. The monoisotopic (exact) mass is 505 g/mol. The molecule has 0 atom stereocenters. The van der Waals surface area contributed by atoms with Gasteiger partial charge in [0.1, 0.15) is 17.2 Å². The highest BCUT2D eigenvalue weighted by atomic mass is 19.1. The van der Waals surface area contributed by atoms with Crippen LogP contribution < -0.4 is 9.47 Å². The molecule has 0 spiro atoms. The molecule has 2 aromatic carbocycles. The van der Waals surface area contributed by atoms with Gasteiger partial charge in [0.25, 0.3) is 0 Å². The summed E-state index contributed by atoms with van der Waals surface area (Å²) in [6.07, 6.45) is 16.4. The first-order valence-electron chi connectivity index (χ1n) is 14.3. The van der Waals surface area contributed by atoms with Crippen molar-refractivity contribution in [2.45, 2.75) is 90.9 Å². The third kappa shape index (κ3) is 10.2. The fraction of sp³-hybridized carbons (Fsp3) is 0.485. The number of ether oxygens (including phenoxy) is 2. The van der Waals surface area contributed by atoms with Crippen molar-refractivity contribution in [2.75, 3.05) is 13.2 Å². The first-order chi connectivity index (χ1) is 18.2. The minimum Gasteiger partial charge on any atom is -0.494 e. The number of rotatable bonds is 18. The maximum Gasteiger partial charge on any atom is 0.153 e. The Morgan fingerprint density at radius 1 is 0.568 bits per heavy atom. The van der Waals surface area contributed by atoms with E-state index in [1.165, 1.54) is 63.9 Å². The quantitative estimate of drug-likeness (QED) is 0.161. The second-order valence-electron chi connectivity index (χ2n) is 9.84. The topological polar surface area (TPSA) is 31.4 Å². The molecule has 4 heteroatoms. The molecule has 0 saturated carbocycles. The van der Waals surface area contributed by atoms with Gasteiger partial charge >= 0.3 is 0 Å². The molecule has 200 valence electrons. The van der Waals surface area contributed by atoms with E-state index in [4.69, 9.17) is 9.47 Å². The maximum absolute atomic E-state index is 14.8. The molecule has 3 nitrogen and oxygen atoms in total. The van der Waals surface area contributed by atoms with E-state index in [1.807, 2.05) is 36.4 Å². The minimum atomic E-state index is -0.361. The van der Waals surface area contributed by atoms with Crippen LogP contribution >= 0.6 is 0 Å². The van der Waals surface area contributed by atoms with Gasteiger partial charge in [-0.15, -0.1) is 0 Å². The number of hydrogen-bond donors (Lipinski definition) is 0. The lowest BCUT2D eigenvalue weighted by Crippen LogP contribution is -1.99. The van der Waals surface area contributed by atoms with Gasteiger partial charge in [0.2, 0.25) is 0 Å². The summed E-state index contributed by atoms with van der Waals surface area (Å²) in [6.45, 7) is 5.82. The van der Waals surface area contributed by atoms with Crippen LogP contribution in [0.2, 0.25) is 0 Å². The predicted octanol–water partition coefficient (Wildman–Crippen LogP) is 10.0. The highest BCUT2D eigenvalue weighted by molar-refractivity contribution is 5.69. The van der Waals surface area contributed by atoms with E-state index in [1.54, 1.807) is 6.20 Å². The molecule has 37 heavy (non-hydrogen) atoms. The van der Waals surface area contributed by atoms with Gasteiger partial charge in [0, 0.05) is 11.6 Å². The van der Waals surface area contributed by atoms with Crippen molar-refractivity contribution in [2.24, 2.45) is 0 Å². The van der Waals surface area contributed by atoms with Gasteiger partial charge in [-0.3, -0.25) is 0 Å². The zero-order chi connectivity index (χ0) is 26.1. The second-order valence-corrected chi connectivity index (χ2v) is 9.84. The van der Waals surface area contributed by atoms with Gasteiger partial charge in [0.05, 0.1) is 19.4 Å². The van der Waals surface area contributed by atoms with Crippen molar-refractivity contribution in [3.8, 4) is 33.9 Å². The van der Waals surface area contributed by atoms with Gasteiger partial charge in [-0.2, -0.15) is 0 Å². The van der Waals surface area contributed by atoms with E-state index in [9.17, 15) is 4.39 Å². The number of hydrogen-bond acceptors (Lipinski definition) is 3. The molecule has 0 fully saturated rings. The summed E-state index contributed by atoms with van der Waals surface area (Å²) in [4.78, 5) is 4.34. The normalized spacial score (nSPS) is 11.0. The first kappa shape index (κ1) is 28.7. The average Bonchev–Trinajstić information content (AvgIpc) is 2.93. The Bertz CT molecular complexity index is 1020. The molecule has 1 aromatic heterocycles. The van der Waals surface area contributed by atoms with Crippen LogP contribution in [0, 0.1) is 5.82 Å². The van der Waals surface area contributed by atoms with Crippen LogP contribution in [0.3, 0.4) is 0 Å². The third-order valence-corrected chi connectivity index (χ3v) is 6.70. The van der Waals surface area contributed by atoms with E-state index in [0.29, 0.717) is 18.1 Å². The van der Waals surface area contributed by atoms with Crippen LogP contribution in [-0.4, -0.2) is 18.2 Å². The highest BCUT2D eigenvalue weighted by Gasteiger charge is 2.09. The van der Waals surface area contributed by atoms with Crippen molar-refractivity contribution < 1.29 is 13.9 Å². The van der Waals surface area contributed by atoms with Crippen LogP contribution in [0.4, 0.5) is 4.39 Å². The van der Waals surface area contributed by atoms with E-state index in [2.05, 4.69) is 31.0 Å². The van der Waals surface area contributed by atoms with Crippen molar-refractivity contribution >= 4 is 0 Å². The Balaban J connectivity index is 1.46. The van der Waals surface area contributed by atoms with Crippen LogP contribution in [0.15, 0.2) is 60.8 Å². The number of unbranched alkanes of at least 4 members (excludes halogenated alkanes) is 10. The molecular formula is C33H44FNO2. The lowest BCUT2D eigenvalue weighted by molar-refractivity contribution is 0.301. The van der Waals surface area contributed by atoms with E-state index in [-0.39, 0.29) is 5.82 Å². The largest absolute Gasteiger partial charge is 0.494 e. The van der Waals surface area contributed by atoms with Gasteiger partial charge in [-0.05, 0) is 36.1 Å². The van der Waals surface area contributed by atoms with E-state index >= 15 is 0 Å². The maximum atomic E-state index is 14.8. The van der Waals surface area contributed by atoms with Crippen molar-refractivity contribution in [3.63, 3.8) is 0 Å². The van der Waals surface area contributed by atoms with Crippen molar-refractivity contribution in [3.05, 3.63) is 66.6 Å². The van der Waals surface area contributed by atoms with E-state index in [0.717, 1.165) is 48.3 Å². The zero-order valence-electron chi connectivity index (χ0n) is 22.8. The van der Waals surface area contributed by atoms with Gasteiger partial charge < -0.3 is 9.47 Å².